The van der Waals surface area contributed by atoms with Gasteiger partial charge in [-0.15, -0.1) is 0 Å². The second kappa shape index (κ2) is 8.88. The van der Waals surface area contributed by atoms with Crippen molar-refractivity contribution in [3.8, 4) is 11.5 Å². The molecule has 0 N–H and O–H groups in total. The van der Waals surface area contributed by atoms with Crippen molar-refractivity contribution in [1.82, 2.24) is 0 Å². The van der Waals surface area contributed by atoms with Crippen LogP contribution >= 0.6 is 11.6 Å². The first-order valence-corrected chi connectivity index (χ1v) is 8.54. The van der Waals surface area contributed by atoms with Crippen molar-refractivity contribution in [3.05, 3.63) is 102 Å². The van der Waals surface area contributed by atoms with Gasteiger partial charge in [0.2, 0.25) is 5.90 Å². The van der Waals surface area contributed by atoms with Crippen molar-refractivity contribution in [1.29, 1.82) is 0 Å². The van der Waals surface area contributed by atoms with E-state index in [-0.39, 0.29) is 0 Å². The van der Waals surface area contributed by atoms with Gasteiger partial charge < -0.3 is 9.47 Å². The Morgan fingerprint density at radius 2 is 1.42 bits per heavy atom. The number of benzene rings is 3. The Morgan fingerprint density at radius 1 is 0.808 bits per heavy atom. The monoisotopic (exact) mass is 363 g/mol. The lowest BCUT2D eigenvalue weighted by atomic mass is 10.3. The summed E-state index contributed by atoms with van der Waals surface area (Å²) >= 11 is 5.94. The highest BCUT2D eigenvalue weighted by Crippen LogP contribution is 2.20. The van der Waals surface area contributed by atoms with Crippen molar-refractivity contribution in [2.75, 3.05) is 0 Å². The first-order valence-electron chi connectivity index (χ1n) is 8.17. The van der Waals surface area contributed by atoms with E-state index in [1.54, 1.807) is 30.5 Å². The van der Waals surface area contributed by atoms with Gasteiger partial charge >= 0.3 is 0 Å². The van der Waals surface area contributed by atoms with Crippen LogP contribution in [0.1, 0.15) is 6.92 Å². The van der Waals surface area contributed by atoms with Gasteiger partial charge in [0.05, 0.1) is 11.9 Å². The van der Waals surface area contributed by atoms with E-state index >= 15 is 0 Å². The lowest BCUT2D eigenvalue weighted by Crippen LogP contribution is -2.10. The molecule has 0 aliphatic heterocycles. The summed E-state index contributed by atoms with van der Waals surface area (Å²) in [6, 6.07) is 26.3. The van der Waals surface area contributed by atoms with Crippen LogP contribution in [-0.4, -0.2) is 5.90 Å². The fourth-order valence-corrected chi connectivity index (χ4v) is 2.26. The Morgan fingerprint density at radius 3 is 2.08 bits per heavy atom. The lowest BCUT2D eigenvalue weighted by Gasteiger charge is -2.10. The molecule has 4 heteroatoms. The van der Waals surface area contributed by atoms with E-state index in [0.717, 1.165) is 17.0 Å². The highest BCUT2D eigenvalue weighted by Gasteiger charge is 2.08. The average molecular weight is 364 g/mol. The molecule has 0 radical (unpaired) electrons. The van der Waals surface area contributed by atoms with Crippen LogP contribution in [0.2, 0.25) is 5.02 Å². The number of ether oxygens (including phenoxy) is 2. The smallest absolute Gasteiger partial charge is 0.225 e. The summed E-state index contributed by atoms with van der Waals surface area (Å²) in [5.41, 5.74) is 1.55. The third kappa shape index (κ3) is 5.23. The quantitative estimate of drug-likeness (QED) is 0.297. The molecule has 0 fully saturated rings. The van der Waals surface area contributed by atoms with Crippen LogP contribution in [0.4, 0.5) is 5.69 Å². The maximum atomic E-state index is 5.97. The van der Waals surface area contributed by atoms with Gasteiger partial charge in [0.1, 0.15) is 11.5 Å². The molecule has 130 valence electrons. The fourth-order valence-electron chi connectivity index (χ4n) is 2.13. The molecular formula is C22H18ClNO2. The topological polar surface area (TPSA) is 30.8 Å². The molecule has 0 heterocycles. The number of hydrogen-bond acceptors (Lipinski definition) is 3. The fraction of sp³-hybridized carbons (Fsp3) is 0.0455. The van der Waals surface area contributed by atoms with Gasteiger partial charge in [0.15, 0.2) is 0 Å². The summed E-state index contributed by atoms with van der Waals surface area (Å²) in [5.74, 6) is 1.85. The Kier molecular flexibility index (Phi) is 6.07. The molecule has 3 aromatic rings. The standard InChI is InChI=1S/C22H18ClNO2/c1-17(16-25-20-10-6-3-7-11-20)22(24-19-8-4-2-5-9-19)26-21-14-12-18(23)13-15-21/h2-16H,1H3. The highest BCUT2D eigenvalue weighted by molar-refractivity contribution is 6.30. The summed E-state index contributed by atoms with van der Waals surface area (Å²) in [5, 5.41) is 0.651. The number of aliphatic imine (C=N–C) groups is 1. The van der Waals surface area contributed by atoms with E-state index in [0.29, 0.717) is 16.7 Å². The molecule has 0 spiro atoms. The van der Waals surface area contributed by atoms with Gasteiger partial charge in [-0.25, -0.2) is 4.99 Å². The van der Waals surface area contributed by atoms with Crippen LogP contribution in [0.3, 0.4) is 0 Å². The van der Waals surface area contributed by atoms with E-state index in [1.165, 1.54) is 0 Å². The average Bonchev–Trinajstić information content (AvgIpc) is 2.69. The van der Waals surface area contributed by atoms with Crippen LogP contribution in [0.15, 0.2) is 102 Å². The highest BCUT2D eigenvalue weighted by atomic mass is 35.5. The number of halogens is 1. The van der Waals surface area contributed by atoms with Crippen LogP contribution in [0.5, 0.6) is 11.5 Å². The van der Waals surface area contributed by atoms with E-state index < -0.39 is 0 Å². The van der Waals surface area contributed by atoms with Gasteiger partial charge in [-0.05, 0) is 55.5 Å². The summed E-state index contributed by atoms with van der Waals surface area (Å²) in [6.45, 7) is 1.89. The maximum Gasteiger partial charge on any atom is 0.225 e. The minimum Gasteiger partial charge on any atom is -0.465 e. The SMILES string of the molecule is CC(=COc1ccccc1)C(=Nc1ccccc1)Oc1ccc(Cl)cc1. The molecule has 0 atom stereocenters. The molecule has 0 amide bonds. The Balaban J connectivity index is 1.86. The summed E-state index contributed by atoms with van der Waals surface area (Å²) < 4.78 is 11.7. The van der Waals surface area contributed by atoms with Crippen molar-refractivity contribution in [2.45, 2.75) is 6.92 Å². The molecular weight excluding hydrogens is 346 g/mol. The molecule has 0 aromatic heterocycles. The van der Waals surface area contributed by atoms with Crippen LogP contribution in [0, 0.1) is 0 Å². The van der Waals surface area contributed by atoms with Gasteiger partial charge in [0.25, 0.3) is 0 Å². The lowest BCUT2D eigenvalue weighted by molar-refractivity contribution is 0.473. The van der Waals surface area contributed by atoms with Gasteiger partial charge in [0, 0.05) is 10.6 Å². The third-order valence-corrected chi connectivity index (χ3v) is 3.72. The second-order valence-electron chi connectivity index (χ2n) is 5.54. The minimum atomic E-state index is 0.453. The predicted octanol–water partition coefficient (Wildman–Crippen LogP) is 6.43. The molecule has 26 heavy (non-hydrogen) atoms. The van der Waals surface area contributed by atoms with E-state index in [1.807, 2.05) is 67.6 Å². The van der Waals surface area contributed by atoms with Gasteiger partial charge in [-0.2, -0.15) is 0 Å². The number of hydrogen-bond donors (Lipinski definition) is 0. The zero-order valence-corrected chi connectivity index (χ0v) is 15.1. The number of rotatable bonds is 5. The number of para-hydroxylation sites is 2. The van der Waals surface area contributed by atoms with Crippen molar-refractivity contribution in [3.63, 3.8) is 0 Å². The summed E-state index contributed by atoms with van der Waals surface area (Å²) in [4.78, 5) is 4.60. The Labute approximate surface area is 158 Å². The largest absolute Gasteiger partial charge is 0.465 e. The van der Waals surface area contributed by atoms with Crippen LogP contribution in [-0.2, 0) is 0 Å². The van der Waals surface area contributed by atoms with Crippen molar-refractivity contribution < 1.29 is 9.47 Å². The Bertz CT molecular complexity index is 888. The molecule has 0 saturated carbocycles. The van der Waals surface area contributed by atoms with E-state index in [9.17, 15) is 0 Å². The van der Waals surface area contributed by atoms with Crippen LogP contribution in [0.25, 0.3) is 0 Å². The first kappa shape index (κ1) is 17.8. The molecule has 0 unspecified atom stereocenters. The zero-order valence-electron chi connectivity index (χ0n) is 14.3. The third-order valence-electron chi connectivity index (χ3n) is 3.47. The second-order valence-corrected chi connectivity index (χ2v) is 5.98. The maximum absolute atomic E-state index is 5.97. The molecule has 0 bridgehead atoms. The van der Waals surface area contributed by atoms with Gasteiger partial charge in [-0.3, -0.25) is 0 Å². The molecule has 3 rings (SSSR count). The molecule has 3 nitrogen and oxygen atoms in total. The normalized spacial score (nSPS) is 11.9. The first-order chi connectivity index (χ1) is 12.7. The van der Waals surface area contributed by atoms with Crippen LogP contribution < -0.4 is 9.47 Å². The van der Waals surface area contributed by atoms with Crippen molar-refractivity contribution in [2.24, 2.45) is 4.99 Å². The number of nitrogens with zero attached hydrogens (tertiary/aromatic N) is 1. The molecule has 3 aromatic carbocycles. The predicted molar refractivity (Wildman–Crippen MR) is 106 cm³/mol. The summed E-state index contributed by atoms with van der Waals surface area (Å²) in [6.07, 6.45) is 1.63. The Hall–Kier alpha value is -3.04. The molecule has 0 aliphatic rings. The molecule has 0 saturated heterocycles. The van der Waals surface area contributed by atoms with E-state index in [2.05, 4.69) is 4.99 Å². The summed E-state index contributed by atoms with van der Waals surface area (Å²) in [7, 11) is 0. The van der Waals surface area contributed by atoms with Crippen molar-refractivity contribution >= 4 is 23.2 Å². The van der Waals surface area contributed by atoms with E-state index in [4.69, 9.17) is 21.1 Å². The van der Waals surface area contributed by atoms with Gasteiger partial charge in [-0.1, -0.05) is 48.0 Å². The molecule has 0 aliphatic carbocycles. The minimum absolute atomic E-state index is 0.453. The zero-order chi connectivity index (χ0) is 18.2.